The van der Waals surface area contributed by atoms with Gasteiger partial charge in [0.1, 0.15) is 23.5 Å². The Bertz CT molecular complexity index is 1550. The van der Waals surface area contributed by atoms with Gasteiger partial charge in [-0.3, -0.25) is 4.79 Å². The van der Waals surface area contributed by atoms with Gasteiger partial charge in [0.05, 0.1) is 23.2 Å². The third kappa shape index (κ3) is 3.78. The van der Waals surface area contributed by atoms with E-state index in [-0.39, 0.29) is 11.9 Å². The SMILES string of the molecule is CC(C)n1cnnc1-c1cccc(NC(=O)c2cc3c(-n4cnc(C5CC5)c4)cccc3n2C)n1. The number of nitrogens with one attached hydrogen (secondary N) is 1. The van der Waals surface area contributed by atoms with E-state index in [1.165, 1.54) is 12.8 Å². The van der Waals surface area contributed by atoms with Crippen LogP contribution in [0, 0.1) is 0 Å². The molecule has 0 unspecified atom stereocenters. The fourth-order valence-electron chi connectivity index (χ4n) is 4.46. The number of hydrogen-bond donors (Lipinski definition) is 1. The summed E-state index contributed by atoms with van der Waals surface area (Å²) in [6.45, 7) is 4.12. The van der Waals surface area contributed by atoms with Crippen molar-refractivity contribution in [3.8, 4) is 17.2 Å². The highest BCUT2D eigenvalue weighted by Crippen LogP contribution is 2.39. The van der Waals surface area contributed by atoms with E-state index in [2.05, 4.69) is 51.6 Å². The van der Waals surface area contributed by atoms with E-state index < -0.39 is 0 Å². The van der Waals surface area contributed by atoms with Gasteiger partial charge in [0.25, 0.3) is 5.91 Å². The summed E-state index contributed by atoms with van der Waals surface area (Å²) in [5.74, 6) is 1.48. The van der Waals surface area contributed by atoms with Crippen LogP contribution >= 0.6 is 0 Å². The summed E-state index contributed by atoms with van der Waals surface area (Å²) in [4.78, 5) is 22.5. The molecule has 0 atom stereocenters. The Morgan fingerprint density at radius 3 is 2.74 bits per heavy atom. The zero-order valence-electron chi connectivity index (χ0n) is 19.9. The third-order valence-corrected chi connectivity index (χ3v) is 6.52. The summed E-state index contributed by atoms with van der Waals surface area (Å²) in [7, 11) is 1.90. The molecule has 5 aromatic rings. The fourth-order valence-corrected chi connectivity index (χ4v) is 4.46. The number of aryl methyl sites for hydroxylation is 1. The second-order valence-corrected chi connectivity index (χ2v) is 9.30. The van der Waals surface area contributed by atoms with Gasteiger partial charge >= 0.3 is 0 Å². The van der Waals surface area contributed by atoms with Gasteiger partial charge in [0.2, 0.25) is 0 Å². The van der Waals surface area contributed by atoms with Crippen molar-refractivity contribution in [1.29, 1.82) is 0 Å². The van der Waals surface area contributed by atoms with Crippen molar-refractivity contribution >= 4 is 22.6 Å². The average molecular weight is 467 g/mol. The number of hydrogen-bond acceptors (Lipinski definition) is 5. The van der Waals surface area contributed by atoms with Gasteiger partial charge in [-0.15, -0.1) is 10.2 Å². The average Bonchev–Trinajstić information content (AvgIpc) is 3.25. The van der Waals surface area contributed by atoms with Crippen molar-refractivity contribution in [3.63, 3.8) is 0 Å². The maximum absolute atomic E-state index is 13.3. The Morgan fingerprint density at radius 1 is 1.11 bits per heavy atom. The maximum Gasteiger partial charge on any atom is 0.273 e. The molecular formula is C26H26N8O. The van der Waals surface area contributed by atoms with Crippen LogP contribution < -0.4 is 5.32 Å². The number of amides is 1. The Balaban J connectivity index is 1.31. The first-order chi connectivity index (χ1) is 17.0. The van der Waals surface area contributed by atoms with Crippen LogP contribution in [-0.2, 0) is 7.05 Å². The predicted molar refractivity (Wildman–Crippen MR) is 134 cm³/mol. The Hall–Kier alpha value is -4.27. The van der Waals surface area contributed by atoms with Crippen molar-refractivity contribution < 1.29 is 4.79 Å². The van der Waals surface area contributed by atoms with Crippen LogP contribution in [0.15, 0.2) is 61.3 Å². The lowest BCUT2D eigenvalue weighted by molar-refractivity contribution is 0.101. The number of pyridine rings is 1. The second kappa shape index (κ2) is 8.19. The molecule has 176 valence electrons. The van der Waals surface area contributed by atoms with Gasteiger partial charge in [-0.25, -0.2) is 9.97 Å². The molecule has 1 fully saturated rings. The van der Waals surface area contributed by atoms with Gasteiger partial charge in [0, 0.05) is 30.6 Å². The number of carbonyl (C=O) groups excluding carboxylic acids is 1. The zero-order valence-corrected chi connectivity index (χ0v) is 19.9. The normalized spacial score (nSPS) is 13.6. The molecule has 1 N–H and O–H groups in total. The van der Waals surface area contributed by atoms with Gasteiger partial charge < -0.3 is 19.0 Å². The lowest BCUT2D eigenvalue weighted by Crippen LogP contribution is -2.16. The van der Waals surface area contributed by atoms with E-state index in [9.17, 15) is 4.79 Å². The predicted octanol–water partition coefficient (Wildman–Crippen LogP) is 4.73. The largest absolute Gasteiger partial charge is 0.340 e. The highest BCUT2D eigenvalue weighted by Gasteiger charge is 2.26. The molecule has 4 heterocycles. The molecule has 0 aliphatic heterocycles. The highest BCUT2D eigenvalue weighted by molar-refractivity contribution is 6.07. The summed E-state index contributed by atoms with van der Waals surface area (Å²) in [5.41, 5.74) is 4.31. The second-order valence-electron chi connectivity index (χ2n) is 9.30. The van der Waals surface area contributed by atoms with Crippen LogP contribution in [-0.4, -0.2) is 39.8 Å². The molecule has 4 aromatic heterocycles. The van der Waals surface area contributed by atoms with E-state index in [0.29, 0.717) is 28.9 Å². The van der Waals surface area contributed by atoms with Crippen LogP contribution in [0.2, 0.25) is 0 Å². The molecule has 0 saturated heterocycles. The molecule has 35 heavy (non-hydrogen) atoms. The smallest absolute Gasteiger partial charge is 0.273 e. The molecular weight excluding hydrogens is 440 g/mol. The number of anilines is 1. The number of aromatic nitrogens is 7. The van der Waals surface area contributed by atoms with E-state index in [1.807, 2.05) is 57.4 Å². The topological polar surface area (TPSA) is 95.5 Å². The highest BCUT2D eigenvalue weighted by atomic mass is 16.2. The molecule has 1 aliphatic carbocycles. The lowest BCUT2D eigenvalue weighted by atomic mass is 10.2. The van der Waals surface area contributed by atoms with Crippen molar-refractivity contribution in [3.05, 3.63) is 72.7 Å². The number of benzene rings is 1. The Labute approximate surface area is 202 Å². The fraction of sp³-hybridized carbons (Fsp3) is 0.269. The van der Waals surface area contributed by atoms with Gasteiger partial charge in [-0.1, -0.05) is 12.1 Å². The third-order valence-electron chi connectivity index (χ3n) is 6.52. The molecule has 9 nitrogen and oxygen atoms in total. The number of rotatable bonds is 6. The Morgan fingerprint density at radius 2 is 1.94 bits per heavy atom. The van der Waals surface area contributed by atoms with Crippen LogP contribution in [0.4, 0.5) is 5.82 Å². The lowest BCUT2D eigenvalue weighted by Gasteiger charge is -2.11. The minimum atomic E-state index is -0.228. The minimum absolute atomic E-state index is 0.195. The first-order valence-electron chi connectivity index (χ1n) is 11.8. The first-order valence-corrected chi connectivity index (χ1v) is 11.8. The summed E-state index contributed by atoms with van der Waals surface area (Å²) >= 11 is 0. The maximum atomic E-state index is 13.3. The van der Waals surface area contributed by atoms with Crippen LogP contribution in [0.3, 0.4) is 0 Å². The molecule has 1 aromatic carbocycles. The van der Waals surface area contributed by atoms with E-state index in [0.717, 1.165) is 22.3 Å². The number of carbonyl (C=O) groups is 1. The molecule has 1 aliphatic rings. The van der Waals surface area contributed by atoms with Gasteiger partial charge in [0.15, 0.2) is 5.82 Å². The molecule has 0 bridgehead atoms. The Kier molecular flexibility index (Phi) is 4.98. The first kappa shape index (κ1) is 21.3. The van der Waals surface area contributed by atoms with Gasteiger partial charge in [-0.2, -0.15) is 0 Å². The summed E-state index contributed by atoms with van der Waals surface area (Å²) in [5, 5.41) is 12.2. The summed E-state index contributed by atoms with van der Waals surface area (Å²) < 4.78 is 5.91. The molecule has 0 spiro atoms. The van der Waals surface area contributed by atoms with Gasteiger partial charge in [-0.05, 0) is 57.0 Å². The number of imidazole rings is 1. The zero-order chi connectivity index (χ0) is 24.1. The molecule has 9 heteroatoms. The molecule has 0 radical (unpaired) electrons. The molecule has 1 amide bonds. The van der Waals surface area contributed by atoms with E-state index in [1.54, 1.807) is 12.4 Å². The van der Waals surface area contributed by atoms with Crippen molar-refractivity contribution in [2.45, 2.75) is 38.6 Å². The van der Waals surface area contributed by atoms with Crippen molar-refractivity contribution in [2.75, 3.05) is 5.32 Å². The van der Waals surface area contributed by atoms with E-state index >= 15 is 0 Å². The summed E-state index contributed by atoms with van der Waals surface area (Å²) in [6, 6.07) is 13.7. The van der Waals surface area contributed by atoms with Crippen LogP contribution in [0.25, 0.3) is 28.1 Å². The number of nitrogens with zero attached hydrogens (tertiary/aromatic N) is 7. The molecule has 1 saturated carbocycles. The van der Waals surface area contributed by atoms with Crippen molar-refractivity contribution in [2.24, 2.45) is 7.05 Å². The molecule has 6 rings (SSSR count). The minimum Gasteiger partial charge on any atom is -0.340 e. The quantitative estimate of drug-likeness (QED) is 0.390. The van der Waals surface area contributed by atoms with Crippen molar-refractivity contribution in [1.82, 2.24) is 33.9 Å². The van der Waals surface area contributed by atoms with Crippen LogP contribution in [0.1, 0.15) is 54.8 Å². The monoisotopic (exact) mass is 466 g/mol. The summed E-state index contributed by atoms with van der Waals surface area (Å²) in [6.07, 6.45) is 8.07. The number of fused-ring (bicyclic) bond motifs is 1. The van der Waals surface area contributed by atoms with E-state index in [4.69, 9.17) is 0 Å². The standard InChI is InChI=1S/C26H26N8O/c1-16(2)34-15-28-31-25(34)19-6-4-9-24(29-19)30-26(35)23-12-18-21(32(23)3)7-5-8-22(18)33-13-20(27-14-33)17-10-11-17/h4-9,12-17H,10-11H2,1-3H3,(H,29,30,35). The van der Waals surface area contributed by atoms with Crippen LogP contribution in [0.5, 0.6) is 0 Å².